The number of methoxy groups -OCH3 is 1. The fourth-order valence-electron chi connectivity index (χ4n) is 4.19. The second-order valence-electron chi connectivity index (χ2n) is 10.7. The molecule has 1 N–H and O–H groups in total. The molecule has 0 bridgehead atoms. The van der Waals surface area contributed by atoms with Crippen LogP contribution in [0.15, 0.2) is 89.8 Å². The largest absolute Gasteiger partial charge is 0.497 e. The highest BCUT2D eigenvalue weighted by molar-refractivity contribution is 7.89. The highest BCUT2D eigenvalue weighted by atomic mass is 32.2. The minimum absolute atomic E-state index is 0.0246. The first kappa shape index (κ1) is 32.6. The van der Waals surface area contributed by atoms with Crippen LogP contribution in [0.5, 0.6) is 5.75 Å². The number of sulfonamides is 1. The van der Waals surface area contributed by atoms with Crippen LogP contribution in [-0.2, 0) is 37.4 Å². The van der Waals surface area contributed by atoms with Gasteiger partial charge in [0, 0.05) is 13.1 Å². The first-order valence-electron chi connectivity index (χ1n) is 13.9. The van der Waals surface area contributed by atoms with E-state index >= 15 is 0 Å². The molecule has 3 aromatic rings. The van der Waals surface area contributed by atoms with Crippen LogP contribution in [0.2, 0.25) is 0 Å². The van der Waals surface area contributed by atoms with Gasteiger partial charge in [-0.25, -0.2) is 13.2 Å². The van der Waals surface area contributed by atoms with Crippen LogP contribution in [0, 0.1) is 0 Å². The molecular formula is C32H40N2O7S. The Kier molecular flexibility index (Phi) is 11.9. The Morgan fingerprint density at radius 2 is 1.45 bits per heavy atom. The molecule has 0 aliphatic carbocycles. The number of esters is 1. The van der Waals surface area contributed by atoms with E-state index in [0.29, 0.717) is 25.1 Å². The Morgan fingerprint density at radius 1 is 0.857 bits per heavy atom. The van der Waals surface area contributed by atoms with Gasteiger partial charge in [0.05, 0.1) is 12.0 Å². The van der Waals surface area contributed by atoms with E-state index in [2.05, 4.69) is 5.32 Å². The van der Waals surface area contributed by atoms with Crippen molar-refractivity contribution in [2.45, 2.75) is 69.7 Å². The van der Waals surface area contributed by atoms with Crippen LogP contribution in [-0.4, -0.2) is 50.1 Å². The van der Waals surface area contributed by atoms with Gasteiger partial charge in [-0.3, -0.25) is 4.79 Å². The van der Waals surface area contributed by atoms with Crippen molar-refractivity contribution in [3.05, 3.63) is 96.1 Å². The molecule has 0 heterocycles. The molecule has 9 nitrogen and oxygen atoms in total. The van der Waals surface area contributed by atoms with Crippen LogP contribution in [0.25, 0.3) is 0 Å². The van der Waals surface area contributed by atoms with Crippen LogP contribution in [0.1, 0.15) is 51.2 Å². The van der Waals surface area contributed by atoms with Gasteiger partial charge in [0.2, 0.25) is 10.0 Å². The number of carbonyl (C=O) groups excluding carboxylic acids is 2. The van der Waals surface area contributed by atoms with Gasteiger partial charge < -0.3 is 19.5 Å². The van der Waals surface area contributed by atoms with E-state index < -0.39 is 33.7 Å². The predicted molar refractivity (Wildman–Crippen MR) is 160 cm³/mol. The number of rotatable bonds is 14. The monoisotopic (exact) mass is 596 g/mol. The topological polar surface area (TPSA) is 111 Å². The molecule has 3 rings (SSSR count). The average molecular weight is 597 g/mol. The van der Waals surface area contributed by atoms with Gasteiger partial charge in [-0.2, -0.15) is 4.31 Å². The van der Waals surface area contributed by atoms with Gasteiger partial charge in [-0.05, 0) is 75.4 Å². The Hall–Kier alpha value is -3.89. The molecule has 1 amide bonds. The molecule has 0 radical (unpaired) electrons. The van der Waals surface area contributed by atoms with Crippen molar-refractivity contribution in [3.63, 3.8) is 0 Å². The fourth-order valence-corrected chi connectivity index (χ4v) is 5.78. The lowest BCUT2D eigenvalue weighted by Gasteiger charge is -2.32. The van der Waals surface area contributed by atoms with Crippen molar-refractivity contribution < 1.29 is 32.2 Å². The van der Waals surface area contributed by atoms with Crippen LogP contribution in [0.4, 0.5) is 4.79 Å². The van der Waals surface area contributed by atoms with Crippen molar-refractivity contribution in [2.24, 2.45) is 0 Å². The average Bonchev–Trinajstić information content (AvgIpc) is 2.97. The zero-order chi connectivity index (χ0) is 30.6. The second-order valence-corrected chi connectivity index (χ2v) is 12.6. The summed E-state index contributed by atoms with van der Waals surface area (Å²) in [6.45, 7) is 5.66. The van der Waals surface area contributed by atoms with Gasteiger partial charge in [0.15, 0.2) is 0 Å². The number of unbranched alkanes of at least 4 members (excludes halogenated alkanes) is 1. The standard InChI is InChI=1S/C32H40N2O7S/c1-32(2,3)41-30(35)29(17-11-12-22-33-31(36)40-24-26-15-9-6-10-16-26)34(23-25-13-7-5-8-14-25)42(37,38)28-20-18-27(39-4)19-21-28/h5-10,13-16,18-21,29H,11-12,17,22-24H2,1-4H3,(H,33,36)/t29-/m1/s1. The van der Waals surface area contributed by atoms with E-state index in [0.717, 1.165) is 11.1 Å². The van der Waals surface area contributed by atoms with Gasteiger partial charge in [-0.15, -0.1) is 0 Å². The minimum atomic E-state index is -4.13. The maximum Gasteiger partial charge on any atom is 0.407 e. The smallest absolute Gasteiger partial charge is 0.407 e. The summed E-state index contributed by atoms with van der Waals surface area (Å²) >= 11 is 0. The van der Waals surface area contributed by atoms with Gasteiger partial charge >= 0.3 is 12.1 Å². The molecular weight excluding hydrogens is 556 g/mol. The summed E-state index contributed by atoms with van der Waals surface area (Å²) in [5.41, 5.74) is 0.789. The first-order chi connectivity index (χ1) is 20.0. The summed E-state index contributed by atoms with van der Waals surface area (Å²) in [7, 11) is -2.63. The Morgan fingerprint density at radius 3 is 2.02 bits per heavy atom. The lowest BCUT2D eigenvalue weighted by atomic mass is 10.1. The Balaban J connectivity index is 1.76. The quantitative estimate of drug-likeness (QED) is 0.188. The number of nitrogens with one attached hydrogen (secondary N) is 1. The third kappa shape index (κ3) is 10.2. The van der Waals surface area contributed by atoms with Crippen molar-refractivity contribution in [1.29, 1.82) is 0 Å². The molecule has 0 aliphatic heterocycles. The number of amides is 1. The molecule has 0 unspecified atom stereocenters. The SMILES string of the molecule is COc1ccc(S(=O)(=O)N(Cc2ccccc2)[C@H](CCCCNC(=O)OCc2ccccc2)C(=O)OC(C)(C)C)cc1. The number of alkyl carbamates (subject to hydrolysis) is 1. The van der Waals surface area contributed by atoms with Crippen molar-refractivity contribution in [1.82, 2.24) is 9.62 Å². The normalized spacial score (nSPS) is 12.4. The predicted octanol–water partition coefficient (Wildman–Crippen LogP) is 5.69. The highest BCUT2D eigenvalue weighted by Gasteiger charge is 2.38. The van der Waals surface area contributed by atoms with Crippen LogP contribution < -0.4 is 10.1 Å². The van der Waals surface area contributed by atoms with Gasteiger partial charge in [-0.1, -0.05) is 60.7 Å². The first-order valence-corrected chi connectivity index (χ1v) is 15.3. The zero-order valence-electron chi connectivity index (χ0n) is 24.6. The summed E-state index contributed by atoms with van der Waals surface area (Å²) < 4.78 is 45.4. The molecule has 0 fully saturated rings. The third-order valence-corrected chi connectivity index (χ3v) is 8.13. The number of nitrogens with zero attached hydrogens (tertiary/aromatic N) is 1. The Labute approximate surface area is 248 Å². The van der Waals surface area contributed by atoms with E-state index in [-0.39, 0.29) is 24.5 Å². The van der Waals surface area contributed by atoms with E-state index in [1.807, 2.05) is 60.7 Å². The summed E-state index contributed by atoms with van der Waals surface area (Å²) in [4.78, 5) is 25.7. The van der Waals surface area contributed by atoms with Crippen molar-refractivity contribution >= 4 is 22.1 Å². The zero-order valence-corrected chi connectivity index (χ0v) is 25.4. The molecule has 0 spiro atoms. The molecule has 0 saturated heterocycles. The summed E-state index contributed by atoms with van der Waals surface area (Å²) in [5, 5.41) is 2.71. The number of hydrogen-bond acceptors (Lipinski definition) is 7. The van der Waals surface area contributed by atoms with E-state index in [1.54, 1.807) is 32.9 Å². The fraction of sp³-hybridized carbons (Fsp3) is 0.375. The number of ether oxygens (including phenoxy) is 3. The molecule has 1 atom stereocenters. The molecule has 10 heteroatoms. The van der Waals surface area contributed by atoms with E-state index in [1.165, 1.54) is 23.5 Å². The van der Waals surface area contributed by atoms with Crippen LogP contribution >= 0.6 is 0 Å². The third-order valence-electron chi connectivity index (χ3n) is 6.26. The Bertz CT molecular complexity index is 1370. The molecule has 42 heavy (non-hydrogen) atoms. The maximum absolute atomic E-state index is 14.0. The number of hydrogen-bond donors (Lipinski definition) is 1. The van der Waals surface area contributed by atoms with Crippen molar-refractivity contribution in [2.75, 3.05) is 13.7 Å². The summed E-state index contributed by atoms with van der Waals surface area (Å²) in [6.07, 6.45) is 0.599. The lowest BCUT2D eigenvalue weighted by molar-refractivity contribution is -0.160. The van der Waals surface area contributed by atoms with E-state index in [4.69, 9.17) is 14.2 Å². The van der Waals surface area contributed by atoms with Crippen molar-refractivity contribution in [3.8, 4) is 5.75 Å². The molecule has 226 valence electrons. The van der Waals surface area contributed by atoms with Gasteiger partial charge in [0.1, 0.15) is 24.0 Å². The number of carbonyl (C=O) groups is 2. The molecule has 0 aromatic heterocycles. The lowest BCUT2D eigenvalue weighted by Crippen LogP contribution is -2.47. The molecule has 3 aromatic carbocycles. The molecule has 0 saturated carbocycles. The minimum Gasteiger partial charge on any atom is -0.497 e. The summed E-state index contributed by atoms with van der Waals surface area (Å²) in [6, 6.07) is 23.4. The van der Waals surface area contributed by atoms with E-state index in [9.17, 15) is 18.0 Å². The number of benzene rings is 3. The molecule has 0 aliphatic rings. The van der Waals surface area contributed by atoms with Crippen LogP contribution in [0.3, 0.4) is 0 Å². The maximum atomic E-state index is 14.0. The van der Waals surface area contributed by atoms with Gasteiger partial charge in [0.25, 0.3) is 0 Å². The summed E-state index contributed by atoms with van der Waals surface area (Å²) in [5.74, 6) is -0.118. The highest BCUT2D eigenvalue weighted by Crippen LogP contribution is 2.27. The second kappa shape index (κ2) is 15.4.